The van der Waals surface area contributed by atoms with Crippen molar-refractivity contribution >= 4 is 0 Å². The lowest BCUT2D eigenvalue weighted by molar-refractivity contribution is -0.0500. The monoisotopic (exact) mass is 356 g/mol. The van der Waals surface area contributed by atoms with E-state index in [4.69, 9.17) is 0 Å². The van der Waals surface area contributed by atoms with Crippen LogP contribution >= 0.6 is 0 Å². The van der Waals surface area contributed by atoms with Gasteiger partial charge >= 0.3 is 0 Å². The molecule has 7 unspecified atom stereocenters. The third kappa shape index (κ3) is 2.93. The molecule has 3 fully saturated rings. The molecule has 148 valence electrons. The minimum atomic E-state index is 0.577. The van der Waals surface area contributed by atoms with E-state index in [2.05, 4.69) is 33.8 Å². The van der Waals surface area contributed by atoms with Gasteiger partial charge in [-0.3, -0.25) is 0 Å². The Balaban J connectivity index is 1.52. The average Bonchev–Trinajstić information content (AvgIpc) is 2.98. The van der Waals surface area contributed by atoms with Gasteiger partial charge in [0.2, 0.25) is 0 Å². The van der Waals surface area contributed by atoms with Crippen molar-refractivity contribution in [2.45, 2.75) is 111 Å². The molecule has 7 atom stereocenters. The smallest absolute Gasteiger partial charge is 0.00853 e. The normalized spacial score (nSPS) is 46.1. The van der Waals surface area contributed by atoms with E-state index in [0.29, 0.717) is 10.8 Å². The van der Waals surface area contributed by atoms with Crippen LogP contribution in [-0.4, -0.2) is 0 Å². The fraction of sp³-hybridized carbons (Fsp3) is 0.923. The molecule has 4 aliphatic carbocycles. The Hall–Kier alpha value is -0.260. The molecule has 4 rings (SSSR count). The van der Waals surface area contributed by atoms with E-state index in [-0.39, 0.29) is 0 Å². The highest BCUT2D eigenvalue weighted by atomic mass is 14.6. The summed E-state index contributed by atoms with van der Waals surface area (Å²) in [7, 11) is 0. The van der Waals surface area contributed by atoms with Crippen molar-refractivity contribution in [1.82, 2.24) is 0 Å². The first-order valence-corrected chi connectivity index (χ1v) is 12.2. The lowest BCUT2D eigenvalue weighted by Crippen LogP contribution is -2.50. The minimum Gasteiger partial charge on any atom is -0.0845 e. The Morgan fingerprint density at radius 1 is 1.04 bits per heavy atom. The quantitative estimate of drug-likeness (QED) is 0.344. The van der Waals surface area contributed by atoms with Crippen LogP contribution in [0, 0.1) is 40.4 Å². The van der Waals surface area contributed by atoms with E-state index < -0.39 is 0 Å². The van der Waals surface area contributed by atoms with Gasteiger partial charge in [0.25, 0.3) is 0 Å². The molecule has 4 aliphatic rings. The van der Waals surface area contributed by atoms with Crippen LogP contribution in [-0.2, 0) is 0 Å². The summed E-state index contributed by atoms with van der Waals surface area (Å²) in [6, 6.07) is 0. The largest absolute Gasteiger partial charge is 0.0845 e. The molecule has 0 radical (unpaired) electrons. The van der Waals surface area contributed by atoms with Crippen molar-refractivity contribution in [1.29, 1.82) is 0 Å². The number of unbranched alkanes of at least 4 members (excludes halogenated alkanes) is 2. The van der Waals surface area contributed by atoms with Gasteiger partial charge in [0.1, 0.15) is 0 Å². The highest BCUT2D eigenvalue weighted by Crippen LogP contribution is 2.67. The van der Waals surface area contributed by atoms with Gasteiger partial charge in [-0.15, -0.1) is 0 Å². The molecule has 0 saturated heterocycles. The Bertz CT molecular complexity index is 530. The summed E-state index contributed by atoms with van der Waals surface area (Å²) in [5, 5.41) is 0. The lowest BCUT2D eigenvalue weighted by atomic mass is 9.47. The number of hydrogen-bond acceptors (Lipinski definition) is 0. The minimum absolute atomic E-state index is 0.577. The SMILES string of the molecule is CCCCCC(C)C1CCC2C3CC=C4CCCCC4(C)C3CCC12C. The van der Waals surface area contributed by atoms with Gasteiger partial charge in [0.05, 0.1) is 0 Å². The molecule has 3 saturated carbocycles. The predicted octanol–water partition coefficient (Wildman–Crippen LogP) is 8.17. The maximum absolute atomic E-state index is 2.74. The molecular weight excluding hydrogens is 312 g/mol. The first-order valence-electron chi connectivity index (χ1n) is 12.2. The van der Waals surface area contributed by atoms with Gasteiger partial charge in [0, 0.05) is 0 Å². The third-order valence-corrected chi connectivity index (χ3v) is 10.0. The van der Waals surface area contributed by atoms with Gasteiger partial charge in [-0.1, -0.05) is 71.4 Å². The fourth-order valence-corrected chi connectivity index (χ4v) is 8.59. The van der Waals surface area contributed by atoms with Crippen molar-refractivity contribution in [3.05, 3.63) is 11.6 Å². The van der Waals surface area contributed by atoms with Crippen molar-refractivity contribution in [3.8, 4) is 0 Å². The summed E-state index contributed by atoms with van der Waals surface area (Å²) >= 11 is 0. The van der Waals surface area contributed by atoms with Crippen LogP contribution in [0.4, 0.5) is 0 Å². The maximum atomic E-state index is 2.74. The van der Waals surface area contributed by atoms with Crippen LogP contribution < -0.4 is 0 Å². The molecule has 26 heavy (non-hydrogen) atoms. The molecule has 0 heterocycles. The first kappa shape index (κ1) is 19.1. The van der Waals surface area contributed by atoms with Crippen molar-refractivity contribution in [3.63, 3.8) is 0 Å². The van der Waals surface area contributed by atoms with Gasteiger partial charge in [-0.25, -0.2) is 0 Å². The lowest BCUT2D eigenvalue weighted by Gasteiger charge is -2.58. The van der Waals surface area contributed by atoms with Crippen molar-refractivity contribution < 1.29 is 0 Å². The molecule has 0 bridgehead atoms. The molecule has 0 nitrogen and oxygen atoms in total. The Labute approximate surface area is 163 Å². The van der Waals surface area contributed by atoms with Crippen LogP contribution in [0.5, 0.6) is 0 Å². The van der Waals surface area contributed by atoms with E-state index in [1.54, 1.807) is 6.42 Å². The standard InChI is InChI=1S/C26H44/c1-5-6-7-10-19(2)22-14-15-23-21-13-12-20-11-8-9-17-25(20,3)24(21)16-18-26(22,23)4/h12,19,21-24H,5-11,13-18H2,1-4H3. The fourth-order valence-electron chi connectivity index (χ4n) is 8.59. The van der Waals surface area contributed by atoms with Gasteiger partial charge < -0.3 is 0 Å². The number of fused-ring (bicyclic) bond motifs is 5. The van der Waals surface area contributed by atoms with Crippen molar-refractivity contribution in [2.75, 3.05) is 0 Å². The second-order valence-electron chi connectivity index (χ2n) is 11.2. The summed E-state index contributed by atoms with van der Waals surface area (Å²) in [5.74, 6) is 5.00. The first-order chi connectivity index (χ1) is 12.5. The molecular formula is C26H44. The molecule has 0 spiro atoms. The van der Waals surface area contributed by atoms with Crippen molar-refractivity contribution in [2.24, 2.45) is 40.4 Å². The highest BCUT2D eigenvalue weighted by molar-refractivity contribution is 5.24. The van der Waals surface area contributed by atoms with Crippen LogP contribution in [0.15, 0.2) is 11.6 Å². The Morgan fingerprint density at radius 3 is 2.69 bits per heavy atom. The van der Waals surface area contributed by atoms with Crippen LogP contribution in [0.3, 0.4) is 0 Å². The molecule has 0 amide bonds. The summed E-state index contributed by atoms with van der Waals surface area (Å²) < 4.78 is 0. The number of rotatable bonds is 5. The average molecular weight is 357 g/mol. The summed E-state index contributed by atoms with van der Waals surface area (Å²) in [5.41, 5.74) is 3.10. The number of hydrogen-bond donors (Lipinski definition) is 0. The zero-order valence-electron chi connectivity index (χ0n) is 18.2. The van der Waals surface area contributed by atoms with E-state index >= 15 is 0 Å². The third-order valence-electron chi connectivity index (χ3n) is 10.0. The van der Waals surface area contributed by atoms with E-state index in [9.17, 15) is 0 Å². The van der Waals surface area contributed by atoms with Gasteiger partial charge in [-0.2, -0.15) is 0 Å². The van der Waals surface area contributed by atoms with Crippen LogP contribution in [0.1, 0.15) is 111 Å². The summed E-state index contributed by atoms with van der Waals surface area (Å²) in [4.78, 5) is 0. The predicted molar refractivity (Wildman–Crippen MR) is 113 cm³/mol. The molecule has 0 aromatic heterocycles. The Kier molecular flexibility index (Phi) is 5.35. The molecule has 0 aromatic rings. The van der Waals surface area contributed by atoms with Gasteiger partial charge in [0.15, 0.2) is 0 Å². The summed E-state index contributed by atoms with van der Waals surface area (Å²) in [6.07, 6.45) is 21.9. The van der Waals surface area contributed by atoms with Gasteiger partial charge in [-0.05, 0) is 91.8 Å². The second kappa shape index (κ2) is 7.29. The second-order valence-corrected chi connectivity index (χ2v) is 11.2. The zero-order chi connectivity index (χ0) is 18.4. The molecule has 0 heteroatoms. The number of allylic oxidation sites excluding steroid dienone is 2. The highest BCUT2D eigenvalue weighted by Gasteiger charge is 2.58. The Morgan fingerprint density at radius 2 is 1.88 bits per heavy atom. The topological polar surface area (TPSA) is 0 Å². The molecule has 0 N–H and O–H groups in total. The van der Waals surface area contributed by atoms with E-state index in [1.807, 2.05) is 5.57 Å². The molecule has 0 aliphatic heterocycles. The van der Waals surface area contributed by atoms with Crippen LogP contribution in [0.25, 0.3) is 0 Å². The maximum Gasteiger partial charge on any atom is -0.00853 e. The van der Waals surface area contributed by atoms with E-state index in [0.717, 1.165) is 29.6 Å². The van der Waals surface area contributed by atoms with E-state index in [1.165, 1.54) is 77.0 Å². The molecule has 0 aromatic carbocycles. The van der Waals surface area contributed by atoms with Crippen LogP contribution in [0.2, 0.25) is 0 Å². The summed E-state index contributed by atoms with van der Waals surface area (Å²) in [6.45, 7) is 10.3. The zero-order valence-corrected chi connectivity index (χ0v) is 18.2.